The Hall–Kier alpha value is -3.93. The number of aromatic nitrogens is 3. The molecule has 2 aromatic heterocycles. The first-order valence-electron chi connectivity index (χ1n) is 10.5. The standard InChI is InChI=1S/C23H23FN6O2/c1-13-20-18(4-2-6-19(20)31)28-21(13)23(32)27-11-3-5-17-16(12-25)22(26)30(29-17)15-9-7-14(24)8-10-15/h7-10,28H,2-6,11,26H2,1H3,(H,27,32). The van der Waals surface area contributed by atoms with Crippen molar-refractivity contribution in [2.75, 3.05) is 12.3 Å². The number of benzene rings is 1. The van der Waals surface area contributed by atoms with Crippen molar-refractivity contribution in [3.05, 3.63) is 63.9 Å². The van der Waals surface area contributed by atoms with Gasteiger partial charge in [0.15, 0.2) is 5.78 Å². The van der Waals surface area contributed by atoms with E-state index in [-0.39, 0.29) is 28.9 Å². The molecule has 3 aromatic rings. The van der Waals surface area contributed by atoms with Gasteiger partial charge in [-0.1, -0.05) is 0 Å². The molecular formula is C23H23FN6O2. The molecule has 9 heteroatoms. The fourth-order valence-corrected chi connectivity index (χ4v) is 4.10. The summed E-state index contributed by atoms with van der Waals surface area (Å²) in [5.74, 6) is -0.368. The van der Waals surface area contributed by atoms with Crippen molar-refractivity contribution < 1.29 is 14.0 Å². The van der Waals surface area contributed by atoms with E-state index < -0.39 is 0 Å². The summed E-state index contributed by atoms with van der Waals surface area (Å²) in [6.07, 6.45) is 3.05. The van der Waals surface area contributed by atoms with Crippen LogP contribution in [-0.2, 0) is 12.8 Å². The average molecular weight is 434 g/mol. The Kier molecular flexibility index (Phi) is 5.77. The number of nitrogens with two attached hydrogens (primary N) is 1. The van der Waals surface area contributed by atoms with Crippen molar-refractivity contribution >= 4 is 17.5 Å². The first-order valence-corrected chi connectivity index (χ1v) is 10.5. The van der Waals surface area contributed by atoms with E-state index in [4.69, 9.17) is 5.73 Å². The summed E-state index contributed by atoms with van der Waals surface area (Å²) in [5.41, 5.74) is 10.0. The largest absolute Gasteiger partial charge is 0.382 e. The van der Waals surface area contributed by atoms with Crippen molar-refractivity contribution in [2.45, 2.75) is 39.0 Å². The normalized spacial score (nSPS) is 13.0. The van der Waals surface area contributed by atoms with Crippen LogP contribution in [0.5, 0.6) is 0 Å². The molecule has 8 nitrogen and oxygen atoms in total. The Morgan fingerprint density at radius 3 is 2.78 bits per heavy atom. The predicted octanol–water partition coefficient (Wildman–Crippen LogP) is 2.98. The number of carbonyl (C=O) groups is 2. The van der Waals surface area contributed by atoms with Gasteiger partial charge in [-0.3, -0.25) is 9.59 Å². The van der Waals surface area contributed by atoms with Gasteiger partial charge in [0.05, 0.1) is 11.4 Å². The molecule has 0 radical (unpaired) electrons. The lowest BCUT2D eigenvalue weighted by Gasteiger charge is -2.09. The molecule has 1 aliphatic carbocycles. The van der Waals surface area contributed by atoms with Gasteiger partial charge in [-0.2, -0.15) is 10.4 Å². The topological polar surface area (TPSA) is 130 Å². The number of Topliss-reactive ketones (excluding diaryl/α,β-unsaturated/α-hetero) is 1. The Bertz CT molecular complexity index is 1230. The van der Waals surface area contributed by atoms with Crippen molar-refractivity contribution in [3.8, 4) is 11.8 Å². The molecule has 2 heterocycles. The minimum Gasteiger partial charge on any atom is -0.382 e. The molecular weight excluding hydrogens is 411 g/mol. The minimum absolute atomic E-state index is 0.0809. The number of nitrogen functional groups attached to an aromatic ring is 1. The molecule has 0 aliphatic heterocycles. The Balaban J connectivity index is 1.41. The molecule has 32 heavy (non-hydrogen) atoms. The molecule has 0 unspecified atom stereocenters. The second kappa shape index (κ2) is 8.67. The zero-order valence-electron chi connectivity index (χ0n) is 17.7. The minimum atomic E-state index is -0.376. The highest BCUT2D eigenvalue weighted by Gasteiger charge is 2.26. The quantitative estimate of drug-likeness (QED) is 0.514. The number of hydrogen-bond donors (Lipinski definition) is 3. The first kappa shape index (κ1) is 21.3. The van der Waals surface area contributed by atoms with Crippen molar-refractivity contribution in [2.24, 2.45) is 0 Å². The number of amides is 1. The molecule has 0 bridgehead atoms. The highest BCUT2D eigenvalue weighted by atomic mass is 19.1. The summed E-state index contributed by atoms with van der Waals surface area (Å²) in [5, 5.41) is 16.8. The maximum atomic E-state index is 13.2. The van der Waals surface area contributed by atoms with E-state index in [9.17, 15) is 19.2 Å². The zero-order valence-corrected chi connectivity index (χ0v) is 17.7. The lowest BCUT2D eigenvalue weighted by Crippen LogP contribution is -2.26. The van der Waals surface area contributed by atoms with E-state index in [1.165, 1.54) is 28.9 Å². The van der Waals surface area contributed by atoms with Crippen LogP contribution in [0.3, 0.4) is 0 Å². The first-order chi connectivity index (χ1) is 15.4. The van der Waals surface area contributed by atoms with Crippen molar-refractivity contribution in [1.29, 1.82) is 5.26 Å². The lowest BCUT2D eigenvalue weighted by molar-refractivity contribution is 0.0947. The number of aromatic amines is 1. The summed E-state index contributed by atoms with van der Waals surface area (Å²) >= 11 is 0. The van der Waals surface area contributed by atoms with E-state index in [2.05, 4.69) is 21.5 Å². The Morgan fingerprint density at radius 1 is 1.34 bits per heavy atom. The molecule has 0 saturated carbocycles. The van der Waals surface area contributed by atoms with Gasteiger partial charge in [-0.25, -0.2) is 9.07 Å². The highest BCUT2D eigenvalue weighted by molar-refractivity contribution is 6.04. The number of carbonyl (C=O) groups excluding carboxylic acids is 2. The molecule has 0 atom stereocenters. The number of hydrogen-bond acceptors (Lipinski definition) is 5. The van der Waals surface area contributed by atoms with Crippen LogP contribution >= 0.6 is 0 Å². The average Bonchev–Trinajstić information content (AvgIpc) is 3.29. The SMILES string of the molecule is Cc1c(C(=O)NCCCc2nn(-c3ccc(F)cc3)c(N)c2C#N)[nH]c2c1C(=O)CCC2. The van der Waals surface area contributed by atoms with Gasteiger partial charge in [0, 0.05) is 24.2 Å². The van der Waals surface area contributed by atoms with Gasteiger partial charge in [0.2, 0.25) is 0 Å². The maximum Gasteiger partial charge on any atom is 0.268 e. The number of halogens is 1. The van der Waals surface area contributed by atoms with Crippen LogP contribution in [0.4, 0.5) is 10.2 Å². The Morgan fingerprint density at radius 2 is 2.09 bits per heavy atom. The van der Waals surface area contributed by atoms with Crippen LogP contribution < -0.4 is 11.1 Å². The van der Waals surface area contributed by atoms with E-state index in [0.29, 0.717) is 54.0 Å². The number of H-pyrrole nitrogens is 1. The van der Waals surface area contributed by atoms with Crippen LogP contribution in [0.25, 0.3) is 5.69 Å². The summed E-state index contributed by atoms with van der Waals surface area (Å²) < 4.78 is 14.6. The number of anilines is 1. The number of nitriles is 1. The summed E-state index contributed by atoms with van der Waals surface area (Å²) in [4.78, 5) is 27.9. The van der Waals surface area contributed by atoms with Gasteiger partial charge < -0.3 is 16.0 Å². The van der Waals surface area contributed by atoms with Gasteiger partial charge in [0.1, 0.15) is 29.0 Å². The second-order valence-electron chi connectivity index (χ2n) is 7.82. The Labute approximate surface area is 184 Å². The predicted molar refractivity (Wildman–Crippen MR) is 116 cm³/mol. The number of ketones is 1. The molecule has 0 saturated heterocycles. The molecule has 4 rings (SSSR count). The summed E-state index contributed by atoms with van der Waals surface area (Å²) in [6, 6.07) is 7.74. The third-order valence-electron chi connectivity index (χ3n) is 5.72. The number of nitrogens with one attached hydrogen (secondary N) is 2. The third kappa shape index (κ3) is 3.87. The van der Waals surface area contributed by atoms with E-state index in [1.54, 1.807) is 6.92 Å². The number of nitrogens with zero attached hydrogens (tertiary/aromatic N) is 3. The van der Waals surface area contributed by atoms with E-state index in [0.717, 1.165) is 18.5 Å². The third-order valence-corrected chi connectivity index (χ3v) is 5.72. The van der Waals surface area contributed by atoms with Gasteiger partial charge >= 0.3 is 0 Å². The molecule has 164 valence electrons. The molecule has 0 spiro atoms. The lowest BCUT2D eigenvalue weighted by atomic mass is 9.94. The molecule has 4 N–H and O–H groups in total. The van der Waals surface area contributed by atoms with Crippen LogP contribution in [-0.4, -0.2) is 33.0 Å². The highest BCUT2D eigenvalue weighted by Crippen LogP contribution is 2.26. The van der Waals surface area contributed by atoms with Crippen LogP contribution in [0.15, 0.2) is 24.3 Å². The van der Waals surface area contributed by atoms with E-state index >= 15 is 0 Å². The smallest absolute Gasteiger partial charge is 0.268 e. The van der Waals surface area contributed by atoms with Gasteiger partial charge in [-0.15, -0.1) is 0 Å². The fourth-order valence-electron chi connectivity index (χ4n) is 4.10. The monoisotopic (exact) mass is 434 g/mol. The van der Waals surface area contributed by atoms with Crippen LogP contribution in [0.1, 0.15) is 62.6 Å². The van der Waals surface area contributed by atoms with Crippen molar-refractivity contribution in [3.63, 3.8) is 0 Å². The number of rotatable bonds is 6. The molecule has 1 amide bonds. The molecule has 1 aromatic carbocycles. The fraction of sp³-hybridized carbons (Fsp3) is 0.304. The number of fused-ring (bicyclic) bond motifs is 1. The number of aryl methyl sites for hydroxylation is 2. The zero-order chi connectivity index (χ0) is 22.8. The van der Waals surface area contributed by atoms with Gasteiger partial charge in [-0.05, 0) is 62.4 Å². The van der Waals surface area contributed by atoms with E-state index in [1.807, 2.05) is 0 Å². The van der Waals surface area contributed by atoms with Gasteiger partial charge in [0.25, 0.3) is 5.91 Å². The molecule has 0 fully saturated rings. The van der Waals surface area contributed by atoms with Crippen LogP contribution in [0.2, 0.25) is 0 Å². The van der Waals surface area contributed by atoms with Crippen LogP contribution in [0, 0.1) is 24.1 Å². The van der Waals surface area contributed by atoms with Crippen molar-refractivity contribution in [1.82, 2.24) is 20.1 Å². The second-order valence-corrected chi connectivity index (χ2v) is 7.82. The maximum absolute atomic E-state index is 13.2. The summed E-state index contributed by atoms with van der Waals surface area (Å²) in [6.45, 7) is 2.15. The summed E-state index contributed by atoms with van der Waals surface area (Å²) in [7, 11) is 0. The molecule has 1 aliphatic rings.